The van der Waals surface area contributed by atoms with E-state index < -0.39 is 42.3 Å². The highest BCUT2D eigenvalue weighted by atomic mass is 16.5. The summed E-state index contributed by atoms with van der Waals surface area (Å²) in [5.41, 5.74) is 1.28. The zero-order valence-electron chi connectivity index (χ0n) is 22.3. The Bertz CT molecular complexity index is 1170. The fourth-order valence-electron chi connectivity index (χ4n) is 5.54. The van der Waals surface area contributed by atoms with Crippen molar-refractivity contribution in [3.63, 3.8) is 0 Å². The number of rotatable bonds is 7. The Balaban J connectivity index is 1.31. The third-order valence-corrected chi connectivity index (χ3v) is 7.80. The van der Waals surface area contributed by atoms with Gasteiger partial charge in [0.15, 0.2) is 0 Å². The van der Waals surface area contributed by atoms with Gasteiger partial charge in [-0.3, -0.25) is 14.4 Å². The van der Waals surface area contributed by atoms with E-state index in [9.17, 15) is 24.6 Å². The quantitative estimate of drug-likeness (QED) is 0.278. The average Bonchev–Trinajstić information content (AvgIpc) is 3.70. The standard InChI is InChI=1S/C27H37N7O6/c35-23-16-33(11-10-28-17-6-4-5-7-17)24(36)13-21-25(37)26(38)22(40-21)14-29-27(39)20(30-23)12-18-15-34(32-31-18)19-8-2-1-3-9-19/h1-3,8-9,15,17,20-22,25-26,28,37-38H,4-7,10-14,16H2,(H,29,39)(H,30,35)/t20-,21+,22-,25+,26-/m1/s1. The van der Waals surface area contributed by atoms with Gasteiger partial charge in [-0.15, -0.1) is 5.10 Å². The van der Waals surface area contributed by atoms with Gasteiger partial charge in [0.05, 0.1) is 36.6 Å². The first-order valence-corrected chi connectivity index (χ1v) is 13.9. The minimum atomic E-state index is -1.29. The first-order valence-electron chi connectivity index (χ1n) is 13.9. The minimum Gasteiger partial charge on any atom is -0.388 e. The van der Waals surface area contributed by atoms with Crippen molar-refractivity contribution in [1.29, 1.82) is 0 Å². The molecule has 5 N–H and O–H groups in total. The maximum atomic E-state index is 13.2. The van der Waals surface area contributed by atoms with Crippen LogP contribution in [0.25, 0.3) is 5.69 Å². The van der Waals surface area contributed by atoms with E-state index in [1.165, 1.54) is 17.7 Å². The van der Waals surface area contributed by atoms with Crippen LogP contribution in [0.3, 0.4) is 0 Å². The van der Waals surface area contributed by atoms with E-state index in [0.717, 1.165) is 18.5 Å². The van der Waals surface area contributed by atoms with Gasteiger partial charge in [-0.25, -0.2) is 4.68 Å². The molecule has 2 aromatic rings. The number of nitrogens with one attached hydrogen (secondary N) is 3. The molecular formula is C27H37N7O6. The van der Waals surface area contributed by atoms with E-state index in [4.69, 9.17) is 4.74 Å². The molecule has 0 unspecified atom stereocenters. The molecule has 3 heterocycles. The van der Waals surface area contributed by atoms with Gasteiger partial charge < -0.3 is 35.8 Å². The number of amides is 3. The second-order valence-corrected chi connectivity index (χ2v) is 10.7. The number of hydrogen-bond donors (Lipinski definition) is 5. The number of para-hydroxylation sites is 1. The second-order valence-electron chi connectivity index (χ2n) is 10.7. The summed E-state index contributed by atoms with van der Waals surface area (Å²) in [6, 6.07) is 8.75. The number of nitrogens with zero attached hydrogens (tertiary/aromatic N) is 4. The molecule has 2 bridgehead atoms. The van der Waals surface area contributed by atoms with E-state index in [0.29, 0.717) is 18.3 Å². The summed E-state index contributed by atoms with van der Waals surface area (Å²) in [5, 5.41) is 38.2. The molecule has 40 heavy (non-hydrogen) atoms. The average molecular weight is 556 g/mol. The van der Waals surface area contributed by atoms with Crippen molar-refractivity contribution < 1.29 is 29.3 Å². The molecule has 3 amide bonds. The number of ether oxygens (including phenoxy) is 1. The molecule has 0 radical (unpaired) electrons. The SMILES string of the molecule is O=C1CN(CCNC2CCCC2)C(=O)C[C@@H]2O[C@H](CNC(=O)[C@@H](Cc3cn(-c4ccccc4)nn3)N1)[C@@H](O)[C@H]2O. The molecule has 13 heteroatoms. The Morgan fingerprint density at radius 2 is 1.80 bits per heavy atom. The van der Waals surface area contributed by atoms with Crippen molar-refractivity contribution in [2.45, 2.75) is 75.0 Å². The van der Waals surface area contributed by atoms with Gasteiger partial charge in [-0.2, -0.15) is 0 Å². The Labute approximate surface area is 232 Å². The van der Waals surface area contributed by atoms with Gasteiger partial charge in [0.25, 0.3) is 0 Å². The summed E-state index contributed by atoms with van der Waals surface area (Å²) < 4.78 is 7.36. The molecule has 3 fully saturated rings. The third-order valence-electron chi connectivity index (χ3n) is 7.80. The summed E-state index contributed by atoms with van der Waals surface area (Å²) in [6.45, 7) is 0.426. The van der Waals surface area contributed by atoms with Crippen LogP contribution in [0.1, 0.15) is 37.8 Å². The summed E-state index contributed by atoms with van der Waals surface area (Å²) in [6.07, 6.45) is 1.67. The van der Waals surface area contributed by atoms with Gasteiger partial charge in [-0.1, -0.05) is 36.3 Å². The topological polar surface area (TPSA) is 171 Å². The highest BCUT2D eigenvalue weighted by Gasteiger charge is 2.44. The van der Waals surface area contributed by atoms with Crippen molar-refractivity contribution >= 4 is 17.7 Å². The number of aliphatic hydroxyl groups is 2. The number of aromatic nitrogens is 3. The van der Waals surface area contributed by atoms with Crippen LogP contribution < -0.4 is 16.0 Å². The third kappa shape index (κ3) is 6.84. The lowest BCUT2D eigenvalue weighted by atomic mass is 10.0. The number of fused-ring (bicyclic) bond motifs is 2. The molecule has 5 rings (SSSR count). The highest BCUT2D eigenvalue weighted by molar-refractivity contribution is 5.90. The number of carbonyl (C=O) groups excluding carboxylic acids is 3. The predicted octanol–water partition coefficient (Wildman–Crippen LogP) is -1.34. The molecule has 1 saturated carbocycles. The minimum absolute atomic E-state index is 0.0565. The molecule has 1 aromatic heterocycles. The van der Waals surface area contributed by atoms with Crippen LogP contribution >= 0.6 is 0 Å². The number of benzene rings is 1. The fraction of sp³-hybridized carbons (Fsp3) is 0.593. The van der Waals surface area contributed by atoms with Crippen molar-refractivity contribution in [1.82, 2.24) is 35.8 Å². The summed E-state index contributed by atoms with van der Waals surface area (Å²) in [5.74, 6) is -1.37. The Morgan fingerprint density at radius 1 is 1.05 bits per heavy atom. The molecule has 0 spiro atoms. The smallest absolute Gasteiger partial charge is 0.243 e. The maximum Gasteiger partial charge on any atom is 0.243 e. The van der Waals surface area contributed by atoms with Crippen molar-refractivity contribution in [3.05, 3.63) is 42.2 Å². The van der Waals surface area contributed by atoms with E-state index in [2.05, 4.69) is 26.3 Å². The molecule has 2 saturated heterocycles. The van der Waals surface area contributed by atoms with Crippen LogP contribution in [0.4, 0.5) is 0 Å². The largest absolute Gasteiger partial charge is 0.388 e. The first-order chi connectivity index (χ1) is 19.4. The van der Waals surface area contributed by atoms with Gasteiger partial charge in [0.2, 0.25) is 17.7 Å². The number of aliphatic hydroxyl groups excluding tert-OH is 2. The van der Waals surface area contributed by atoms with Crippen LogP contribution in [0.2, 0.25) is 0 Å². The van der Waals surface area contributed by atoms with Crippen molar-refractivity contribution in [2.75, 3.05) is 26.2 Å². The molecule has 1 aromatic carbocycles. The van der Waals surface area contributed by atoms with E-state index in [1.807, 2.05) is 30.3 Å². The molecule has 5 atom stereocenters. The molecule has 2 aliphatic heterocycles. The summed E-state index contributed by atoms with van der Waals surface area (Å²) in [7, 11) is 0. The fourth-order valence-corrected chi connectivity index (χ4v) is 5.54. The van der Waals surface area contributed by atoms with Gasteiger partial charge >= 0.3 is 0 Å². The van der Waals surface area contributed by atoms with Crippen molar-refractivity contribution in [2.24, 2.45) is 0 Å². The Kier molecular flexibility index (Phi) is 9.04. The highest BCUT2D eigenvalue weighted by Crippen LogP contribution is 2.24. The molecular weight excluding hydrogens is 518 g/mol. The number of hydrogen-bond acceptors (Lipinski definition) is 9. The van der Waals surface area contributed by atoms with Crippen LogP contribution in [-0.4, -0.2) is 111 Å². The zero-order chi connectivity index (χ0) is 28.1. The Morgan fingerprint density at radius 3 is 2.58 bits per heavy atom. The molecule has 3 aliphatic rings. The van der Waals surface area contributed by atoms with Gasteiger partial charge in [0.1, 0.15) is 24.4 Å². The van der Waals surface area contributed by atoms with Crippen molar-refractivity contribution in [3.8, 4) is 5.69 Å². The van der Waals surface area contributed by atoms with Crippen LogP contribution in [0.15, 0.2) is 36.5 Å². The predicted molar refractivity (Wildman–Crippen MR) is 142 cm³/mol. The van der Waals surface area contributed by atoms with Crippen LogP contribution in [0, 0.1) is 0 Å². The van der Waals surface area contributed by atoms with Crippen LogP contribution in [0.5, 0.6) is 0 Å². The lowest BCUT2D eigenvalue weighted by Crippen LogP contribution is -2.53. The number of carbonyl (C=O) groups is 3. The maximum absolute atomic E-state index is 13.2. The monoisotopic (exact) mass is 555 g/mol. The summed E-state index contributed by atoms with van der Waals surface area (Å²) in [4.78, 5) is 41.0. The molecule has 1 aliphatic carbocycles. The zero-order valence-corrected chi connectivity index (χ0v) is 22.3. The second kappa shape index (κ2) is 12.9. The molecule has 216 valence electrons. The van der Waals surface area contributed by atoms with E-state index >= 15 is 0 Å². The normalized spacial score (nSPS) is 28.5. The first kappa shape index (κ1) is 28.1. The lowest BCUT2D eigenvalue weighted by Gasteiger charge is -2.26. The Hall–Kier alpha value is -3.39. The summed E-state index contributed by atoms with van der Waals surface area (Å²) >= 11 is 0. The molecule has 13 nitrogen and oxygen atoms in total. The van der Waals surface area contributed by atoms with Gasteiger partial charge in [0, 0.05) is 32.1 Å². The van der Waals surface area contributed by atoms with E-state index in [-0.39, 0.29) is 38.4 Å². The van der Waals surface area contributed by atoms with Crippen LogP contribution in [-0.2, 0) is 25.5 Å². The lowest BCUT2D eigenvalue weighted by molar-refractivity contribution is -0.139. The van der Waals surface area contributed by atoms with Gasteiger partial charge in [-0.05, 0) is 25.0 Å². The van der Waals surface area contributed by atoms with E-state index in [1.54, 1.807) is 10.9 Å².